The summed E-state index contributed by atoms with van der Waals surface area (Å²) in [6.07, 6.45) is 0. The molecule has 0 radical (unpaired) electrons. The van der Waals surface area contributed by atoms with E-state index < -0.39 is 45.5 Å². The molecule has 2 aliphatic heterocycles. The Kier molecular flexibility index (Phi) is 2.14. The second-order valence-corrected chi connectivity index (χ2v) is 6.11. The van der Waals surface area contributed by atoms with E-state index in [0.29, 0.717) is 0 Å². The summed E-state index contributed by atoms with van der Waals surface area (Å²) < 4.78 is 0. The van der Waals surface area contributed by atoms with Gasteiger partial charge in [-0.25, -0.2) is 4.79 Å². The minimum absolute atomic E-state index is 0.586. The largest absolute Gasteiger partial charge is 0.326 e. The van der Waals surface area contributed by atoms with Gasteiger partial charge in [-0.15, -0.1) is 23.2 Å². The first-order chi connectivity index (χ1) is 8.69. The maximum absolute atomic E-state index is 12.1. The maximum atomic E-state index is 12.1. The lowest BCUT2D eigenvalue weighted by Gasteiger charge is -2.60. The van der Waals surface area contributed by atoms with Gasteiger partial charge in [0.05, 0.1) is 12.0 Å². The van der Waals surface area contributed by atoms with Crippen LogP contribution in [0.25, 0.3) is 0 Å². The van der Waals surface area contributed by atoms with E-state index in [-0.39, 0.29) is 0 Å². The van der Waals surface area contributed by atoms with Gasteiger partial charge in [0.25, 0.3) is 11.8 Å². The number of carbonyl (C=O) groups is 4. The van der Waals surface area contributed by atoms with Crippen molar-refractivity contribution in [2.24, 2.45) is 5.92 Å². The molecule has 0 bridgehead atoms. The Bertz CT molecular complexity index is 567. The molecule has 4 atom stereocenters. The molecular weight excluding hydrogens is 297 g/mol. The number of imide groups is 2. The van der Waals surface area contributed by atoms with Crippen LogP contribution in [-0.2, 0) is 14.4 Å². The Morgan fingerprint density at radius 1 is 1.05 bits per heavy atom. The number of rotatable bonds is 0. The van der Waals surface area contributed by atoms with Gasteiger partial charge in [-0.3, -0.25) is 24.6 Å². The van der Waals surface area contributed by atoms with Gasteiger partial charge in [0.2, 0.25) is 5.91 Å². The number of alkyl halides is 2. The molecule has 102 valence electrons. The summed E-state index contributed by atoms with van der Waals surface area (Å²) in [5.74, 6) is -3.19. The molecule has 0 aromatic heterocycles. The topological polar surface area (TPSA) is 86.8 Å². The van der Waals surface area contributed by atoms with Crippen LogP contribution in [0.2, 0.25) is 0 Å². The lowest BCUT2D eigenvalue weighted by molar-refractivity contribution is -0.154. The first kappa shape index (κ1) is 12.7. The molecule has 1 aliphatic carbocycles. The number of nitrogens with one attached hydrogen (secondary N) is 1. The van der Waals surface area contributed by atoms with E-state index in [0.717, 1.165) is 4.90 Å². The average molecular weight is 306 g/mol. The first-order valence-electron chi connectivity index (χ1n) is 5.47. The van der Waals surface area contributed by atoms with Crippen LogP contribution in [0, 0.1) is 5.92 Å². The molecule has 2 heterocycles. The van der Waals surface area contributed by atoms with Gasteiger partial charge in [0, 0.05) is 14.1 Å². The Hall–Kier alpha value is -1.34. The summed E-state index contributed by atoms with van der Waals surface area (Å²) >= 11 is 12.4. The molecule has 0 aromatic carbocycles. The lowest BCUT2D eigenvalue weighted by Crippen LogP contribution is -2.85. The van der Waals surface area contributed by atoms with Gasteiger partial charge < -0.3 is 4.90 Å². The monoisotopic (exact) mass is 305 g/mol. The van der Waals surface area contributed by atoms with Crippen molar-refractivity contribution in [2.45, 2.75) is 15.8 Å². The third-order valence-corrected chi connectivity index (χ3v) is 5.67. The van der Waals surface area contributed by atoms with E-state index >= 15 is 0 Å². The van der Waals surface area contributed by atoms with E-state index in [1.807, 2.05) is 5.32 Å². The smallest absolute Gasteiger partial charge is 0.321 e. The van der Waals surface area contributed by atoms with E-state index in [1.54, 1.807) is 0 Å². The van der Waals surface area contributed by atoms with Crippen molar-refractivity contribution in [3.8, 4) is 0 Å². The quantitative estimate of drug-likeness (QED) is 0.465. The summed E-state index contributed by atoms with van der Waals surface area (Å²) in [5, 5.41) is 2.04. The van der Waals surface area contributed by atoms with Crippen LogP contribution in [0.1, 0.15) is 0 Å². The fraction of sp³-hybridized carbons (Fsp3) is 0.600. The van der Waals surface area contributed by atoms with Crippen molar-refractivity contribution < 1.29 is 19.2 Å². The van der Waals surface area contributed by atoms with Crippen LogP contribution in [0.15, 0.2) is 0 Å². The summed E-state index contributed by atoms with van der Waals surface area (Å²) in [5.41, 5.74) is 0. The highest BCUT2D eigenvalue weighted by atomic mass is 35.5. The van der Waals surface area contributed by atoms with Gasteiger partial charge in [0.15, 0.2) is 9.75 Å². The number of amides is 5. The SMILES string of the molecule is CN1C(=O)[C@@H]2[C@H](N(C)C1=O)[C@]1(Cl)C(=O)NC(=O)[C@@]21Cl. The number of hydrogen-bond donors (Lipinski definition) is 1. The number of fused-ring (bicyclic) bond motifs is 4. The van der Waals surface area contributed by atoms with Crippen LogP contribution >= 0.6 is 23.2 Å². The second-order valence-electron chi connectivity index (χ2n) is 4.92. The molecule has 1 N–H and O–H groups in total. The fourth-order valence-electron chi connectivity index (χ4n) is 3.14. The zero-order chi connectivity index (χ0) is 14.3. The Balaban J connectivity index is 2.17. The van der Waals surface area contributed by atoms with Crippen molar-refractivity contribution in [3.05, 3.63) is 0 Å². The normalized spacial score (nSPS) is 44.8. The average Bonchev–Trinajstić information content (AvgIpc) is 2.49. The molecule has 3 rings (SSSR count). The summed E-state index contributed by atoms with van der Waals surface area (Å²) in [6.45, 7) is 0. The van der Waals surface area contributed by atoms with E-state index in [9.17, 15) is 19.2 Å². The van der Waals surface area contributed by atoms with Crippen molar-refractivity contribution in [2.75, 3.05) is 14.1 Å². The summed E-state index contributed by atoms with van der Waals surface area (Å²) in [7, 11) is 2.71. The first-order valence-corrected chi connectivity index (χ1v) is 6.22. The van der Waals surface area contributed by atoms with Crippen molar-refractivity contribution in [1.82, 2.24) is 15.1 Å². The zero-order valence-corrected chi connectivity index (χ0v) is 11.4. The standard InChI is InChI=1S/C10H9Cl2N3O4/c1-14-4-3(5(16)15(2)8(14)19)9(11)6(17)13-7(18)10(4,9)12/h3-4H,1-2H3,(H,13,17,18)/t3-,4-,9-,10-/m0/s1. The molecule has 5 amide bonds. The number of hydrogen-bond acceptors (Lipinski definition) is 4. The molecule has 1 saturated carbocycles. The van der Waals surface area contributed by atoms with Crippen LogP contribution in [-0.4, -0.2) is 63.4 Å². The molecule has 0 unspecified atom stereocenters. The second kappa shape index (κ2) is 3.21. The number of nitrogens with zero attached hydrogens (tertiary/aromatic N) is 2. The van der Waals surface area contributed by atoms with Gasteiger partial charge >= 0.3 is 6.03 Å². The van der Waals surface area contributed by atoms with Crippen molar-refractivity contribution >= 4 is 47.0 Å². The highest BCUT2D eigenvalue weighted by molar-refractivity contribution is 6.56. The Labute approximate surface area is 117 Å². The molecule has 9 heteroatoms. The van der Waals surface area contributed by atoms with Gasteiger partial charge in [0.1, 0.15) is 0 Å². The minimum Gasteiger partial charge on any atom is -0.321 e. The van der Waals surface area contributed by atoms with Gasteiger partial charge in [-0.1, -0.05) is 0 Å². The Morgan fingerprint density at radius 3 is 2.16 bits per heavy atom. The molecule has 0 aromatic rings. The van der Waals surface area contributed by atoms with Crippen molar-refractivity contribution in [1.29, 1.82) is 0 Å². The molecule has 0 spiro atoms. The molecule has 3 aliphatic rings. The van der Waals surface area contributed by atoms with Crippen LogP contribution in [0.3, 0.4) is 0 Å². The number of halogens is 2. The maximum Gasteiger partial charge on any atom is 0.326 e. The predicted molar refractivity (Wildman–Crippen MR) is 63.5 cm³/mol. The van der Waals surface area contributed by atoms with Gasteiger partial charge in [-0.05, 0) is 0 Å². The summed E-state index contributed by atoms with van der Waals surface area (Å²) in [6, 6.07) is -1.51. The van der Waals surface area contributed by atoms with Crippen LogP contribution in [0.5, 0.6) is 0 Å². The lowest BCUT2D eigenvalue weighted by atomic mass is 9.58. The number of urea groups is 1. The van der Waals surface area contributed by atoms with E-state index in [2.05, 4.69) is 0 Å². The number of carbonyl (C=O) groups excluding carboxylic acids is 4. The molecule has 2 saturated heterocycles. The van der Waals surface area contributed by atoms with E-state index in [4.69, 9.17) is 23.2 Å². The Morgan fingerprint density at radius 2 is 1.58 bits per heavy atom. The molecule has 3 fully saturated rings. The van der Waals surface area contributed by atoms with Crippen molar-refractivity contribution in [3.63, 3.8) is 0 Å². The highest BCUT2D eigenvalue weighted by Crippen LogP contribution is 2.62. The molecule has 7 nitrogen and oxygen atoms in total. The van der Waals surface area contributed by atoms with Crippen LogP contribution in [0.4, 0.5) is 4.79 Å². The third kappa shape index (κ3) is 1.01. The fourth-order valence-corrected chi connectivity index (χ4v) is 4.12. The predicted octanol–water partition coefficient (Wildman–Crippen LogP) is -0.880. The molecular formula is C10H9Cl2N3O4. The zero-order valence-electron chi connectivity index (χ0n) is 9.94. The highest BCUT2D eigenvalue weighted by Gasteiger charge is 2.86. The van der Waals surface area contributed by atoms with Gasteiger partial charge in [-0.2, -0.15) is 0 Å². The molecule has 19 heavy (non-hydrogen) atoms. The third-order valence-electron chi connectivity index (χ3n) is 4.17. The van der Waals surface area contributed by atoms with Crippen LogP contribution < -0.4 is 5.32 Å². The summed E-state index contributed by atoms with van der Waals surface area (Å²) in [4.78, 5) is 46.1. The van der Waals surface area contributed by atoms with E-state index in [1.165, 1.54) is 19.0 Å². The minimum atomic E-state index is -1.84.